The summed E-state index contributed by atoms with van der Waals surface area (Å²) in [6.45, 7) is 8.75. The van der Waals surface area contributed by atoms with Gasteiger partial charge in [-0.05, 0) is 75.9 Å². The first-order chi connectivity index (χ1) is 16.5. The minimum Gasteiger partial charge on any atom is -0.494 e. The maximum Gasteiger partial charge on any atom is 0.119 e. The fourth-order valence-electron chi connectivity index (χ4n) is 4.40. The van der Waals surface area contributed by atoms with Crippen molar-refractivity contribution in [3.8, 4) is 11.5 Å². The highest BCUT2D eigenvalue weighted by molar-refractivity contribution is 5.27. The third-order valence-corrected chi connectivity index (χ3v) is 6.60. The Balaban J connectivity index is 1.19. The molecule has 0 saturated carbocycles. The Bertz CT molecular complexity index is 1020. The third-order valence-electron chi connectivity index (χ3n) is 6.60. The van der Waals surface area contributed by atoms with E-state index in [1.54, 1.807) is 0 Å². The first kappa shape index (κ1) is 24.3. The van der Waals surface area contributed by atoms with Crippen molar-refractivity contribution in [3.05, 3.63) is 77.9 Å². The predicted molar refractivity (Wildman–Crippen MR) is 134 cm³/mol. The molecule has 0 spiro atoms. The first-order valence-electron chi connectivity index (χ1n) is 12.3. The minimum atomic E-state index is -0.771. The summed E-state index contributed by atoms with van der Waals surface area (Å²) in [5.41, 5.74) is 1.70. The summed E-state index contributed by atoms with van der Waals surface area (Å²) in [7, 11) is 0. The van der Waals surface area contributed by atoms with E-state index in [9.17, 15) is 5.11 Å². The van der Waals surface area contributed by atoms with Gasteiger partial charge in [-0.15, -0.1) is 0 Å². The molecule has 4 rings (SSSR count). The molecule has 182 valence electrons. The molecule has 1 unspecified atom stereocenters. The normalized spacial score (nSPS) is 19.0. The molecule has 1 aliphatic heterocycles. The zero-order valence-corrected chi connectivity index (χ0v) is 20.4. The van der Waals surface area contributed by atoms with Crippen molar-refractivity contribution in [1.82, 2.24) is 14.5 Å². The molecule has 2 heterocycles. The van der Waals surface area contributed by atoms with Crippen molar-refractivity contribution in [2.45, 2.75) is 58.2 Å². The molecule has 6 nitrogen and oxygen atoms in total. The van der Waals surface area contributed by atoms with Crippen LogP contribution in [0.1, 0.15) is 42.6 Å². The average Bonchev–Trinajstić information content (AvgIpc) is 3.16. The van der Waals surface area contributed by atoms with Crippen molar-refractivity contribution in [1.29, 1.82) is 0 Å². The highest BCUT2D eigenvalue weighted by atomic mass is 16.5. The third kappa shape index (κ3) is 7.08. The average molecular weight is 464 g/mol. The van der Waals surface area contributed by atoms with Gasteiger partial charge < -0.3 is 19.1 Å². The molecule has 0 amide bonds. The number of likely N-dealkylation sites (tertiary alicyclic amines) is 1. The monoisotopic (exact) mass is 463 g/mol. The molecule has 2 aromatic carbocycles. The number of aliphatic hydroxyl groups is 1. The van der Waals surface area contributed by atoms with Crippen LogP contribution in [0.2, 0.25) is 0 Å². The van der Waals surface area contributed by atoms with E-state index in [0.717, 1.165) is 69.2 Å². The van der Waals surface area contributed by atoms with E-state index in [1.165, 1.54) is 11.1 Å². The second-order valence-electron chi connectivity index (χ2n) is 9.47. The largest absolute Gasteiger partial charge is 0.494 e. The highest BCUT2D eigenvalue weighted by Gasteiger charge is 2.31. The van der Waals surface area contributed by atoms with Crippen molar-refractivity contribution < 1.29 is 14.6 Å². The van der Waals surface area contributed by atoms with E-state index in [2.05, 4.69) is 45.6 Å². The Morgan fingerprint density at radius 2 is 1.68 bits per heavy atom. The van der Waals surface area contributed by atoms with Crippen molar-refractivity contribution >= 4 is 0 Å². The molecule has 0 aliphatic carbocycles. The number of nitrogens with zero attached hydrogens (tertiary/aromatic N) is 3. The molecule has 0 bridgehead atoms. The standard InChI is InChI=1S/C28H37N3O3/c1-23-5-9-27(10-6-23)34-22-28(32)13-3-16-30(18-14-28)21-25-7-11-26(12-8-25)33-20-4-17-31-19-15-29-24(31)2/h5-12,15,19,32H,3-4,13-14,16-18,20-22H2,1-2H3. The SMILES string of the molecule is Cc1ccc(OCC2(O)CCCN(Cc3ccc(OCCCn4ccnc4C)cc3)CC2)cc1. The lowest BCUT2D eigenvalue weighted by molar-refractivity contribution is -0.0168. The lowest BCUT2D eigenvalue weighted by atomic mass is 9.96. The minimum absolute atomic E-state index is 0.344. The molecular formula is C28H37N3O3. The van der Waals surface area contributed by atoms with Crippen molar-refractivity contribution in [2.75, 3.05) is 26.3 Å². The molecule has 1 aromatic heterocycles. The summed E-state index contributed by atoms with van der Waals surface area (Å²) in [5, 5.41) is 11.1. The molecule has 6 heteroatoms. The summed E-state index contributed by atoms with van der Waals surface area (Å²) in [6.07, 6.45) is 7.23. The van der Waals surface area contributed by atoms with Crippen LogP contribution >= 0.6 is 0 Å². The smallest absolute Gasteiger partial charge is 0.119 e. The number of hydrogen-bond donors (Lipinski definition) is 1. The van der Waals surface area contributed by atoms with Gasteiger partial charge in [0.05, 0.1) is 12.2 Å². The van der Waals surface area contributed by atoms with E-state index < -0.39 is 5.60 Å². The van der Waals surface area contributed by atoms with E-state index in [4.69, 9.17) is 9.47 Å². The fraction of sp³-hybridized carbons (Fsp3) is 0.464. The zero-order chi connectivity index (χ0) is 23.8. The van der Waals surface area contributed by atoms with Crippen LogP contribution in [0.15, 0.2) is 60.9 Å². The lowest BCUT2D eigenvalue weighted by Gasteiger charge is -2.27. The van der Waals surface area contributed by atoms with Crippen LogP contribution in [0, 0.1) is 13.8 Å². The van der Waals surface area contributed by atoms with Gasteiger partial charge in [0.25, 0.3) is 0 Å². The van der Waals surface area contributed by atoms with Gasteiger partial charge in [0.1, 0.15) is 23.9 Å². The maximum atomic E-state index is 11.1. The molecule has 34 heavy (non-hydrogen) atoms. The summed E-state index contributed by atoms with van der Waals surface area (Å²) in [5.74, 6) is 2.76. The Kier molecular flexibility index (Phi) is 8.25. The second kappa shape index (κ2) is 11.5. The van der Waals surface area contributed by atoms with E-state index in [0.29, 0.717) is 13.2 Å². The predicted octanol–water partition coefficient (Wildman–Crippen LogP) is 4.77. The second-order valence-corrected chi connectivity index (χ2v) is 9.47. The number of aromatic nitrogens is 2. The van der Waals surface area contributed by atoms with Gasteiger partial charge in [0, 0.05) is 32.0 Å². The van der Waals surface area contributed by atoms with Gasteiger partial charge in [0.15, 0.2) is 0 Å². The summed E-state index contributed by atoms with van der Waals surface area (Å²) in [4.78, 5) is 6.67. The van der Waals surface area contributed by atoms with E-state index in [-0.39, 0.29) is 0 Å². The van der Waals surface area contributed by atoms with Gasteiger partial charge in [0.2, 0.25) is 0 Å². The quantitative estimate of drug-likeness (QED) is 0.439. The van der Waals surface area contributed by atoms with Crippen LogP contribution in [0.3, 0.4) is 0 Å². The lowest BCUT2D eigenvalue weighted by Crippen LogP contribution is -2.37. The van der Waals surface area contributed by atoms with Crippen LogP contribution in [0.5, 0.6) is 11.5 Å². The van der Waals surface area contributed by atoms with Gasteiger partial charge in [-0.3, -0.25) is 4.90 Å². The van der Waals surface area contributed by atoms with Gasteiger partial charge >= 0.3 is 0 Å². The van der Waals surface area contributed by atoms with Gasteiger partial charge in [-0.25, -0.2) is 4.98 Å². The highest BCUT2D eigenvalue weighted by Crippen LogP contribution is 2.25. The van der Waals surface area contributed by atoms with E-state index >= 15 is 0 Å². The summed E-state index contributed by atoms with van der Waals surface area (Å²) >= 11 is 0. The topological polar surface area (TPSA) is 59.8 Å². The van der Waals surface area contributed by atoms with Crippen LogP contribution in [0.4, 0.5) is 0 Å². The van der Waals surface area contributed by atoms with Crippen molar-refractivity contribution in [2.24, 2.45) is 0 Å². The molecule has 1 fully saturated rings. The molecular weight excluding hydrogens is 426 g/mol. The number of ether oxygens (including phenoxy) is 2. The summed E-state index contributed by atoms with van der Waals surface area (Å²) in [6, 6.07) is 16.4. The molecule has 1 saturated heterocycles. The number of hydrogen-bond acceptors (Lipinski definition) is 5. The number of aryl methyl sites for hydroxylation is 3. The molecule has 1 N–H and O–H groups in total. The van der Waals surface area contributed by atoms with Crippen molar-refractivity contribution in [3.63, 3.8) is 0 Å². The van der Waals surface area contributed by atoms with Crippen LogP contribution in [-0.2, 0) is 13.1 Å². The molecule has 0 radical (unpaired) electrons. The molecule has 1 aliphatic rings. The van der Waals surface area contributed by atoms with E-state index in [1.807, 2.05) is 43.6 Å². The Labute approximate surface area is 203 Å². The van der Waals surface area contributed by atoms with Crippen LogP contribution in [-0.4, -0.2) is 51.5 Å². The van der Waals surface area contributed by atoms with Gasteiger partial charge in [-0.1, -0.05) is 29.8 Å². The number of benzene rings is 2. The Morgan fingerprint density at radius 1 is 0.941 bits per heavy atom. The van der Waals surface area contributed by atoms with Gasteiger partial charge in [-0.2, -0.15) is 0 Å². The number of imidazole rings is 1. The first-order valence-corrected chi connectivity index (χ1v) is 12.3. The zero-order valence-electron chi connectivity index (χ0n) is 20.4. The fourth-order valence-corrected chi connectivity index (χ4v) is 4.40. The Morgan fingerprint density at radius 3 is 2.41 bits per heavy atom. The molecule has 3 aromatic rings. The maximum absolute atomic E-state index is 11.1. The number of rotatable bonds is 10. The van der Waals surface area contributed by atoms with Crippen LogP contribution in [0.25, 0.3) is 0 Å². The summed E-state index contributed by atoms with van der Waals surface area (Å²) < 4.78 is 14.0. The Hall–Kier alpha value is -2.83. The molecule has 1 atom stereocenters. The van der Waals surface area contributed by atoms with Crippen LogP contribution < -0.4 is 9.47 Å².